The normalized spacial score (nSPS) is 26.6. The van der Waals surface area contributed by atoms with Gasteiger partial charge in [-0.25, -0.2) is 0 Å². The molecule has 2 saturated heterocycles. The summed E-state index contributed by atoms with van der Waals surface area (Å²) in [5, 5.41) is 21.5. The molecule has 4 aliphatic heterocycles. The van der Waals surface area contributed by atoms with Gasteiger partial charge in [-0.05, 0) is 73.2 Å². The molecule has 34 heavy (non-hydrogen) atoms. The van der Waals surface area contributed by atoms with Gasteiger partial charge in [-0.2, -0.15) is 0 Å². The number of aliphatic imine (C=N–C) groups is 2. The predicted octanol–water partition coefficient (Wildman–Crippen LogP) is 4.47. The van der Waals surface area contributed by atoms with Crippen LogP contribution >= 0.6 is 23.2 Å². The van der Waals surface area contributed by atoms with Gasteiger partial charge in [0.05, 0.1) is 45.7 Å². The Morgan fingerprint density at radius 1 is 0.735 bits per heavy atom. The maximum absolute atomic E-state index is 10.0. The maximum atomic E-state index is 10.0. The van der Waals surface area contributed by atoms with Gasteiger partial charge in [-0.15, -0.1) is 0 Å². The SMILES string of the molecule is CC1(O)CCN(c2cc3c(cc2Cl)C=NC3)C1.CC1(O)CCN(c2cc3c(cc2Cl)C=NC3)C1. The third-order valence-electron chi connectivity index (χ3n) is 6.99. The highest BCUT2D eigenvalue weighted by atomic mass is 35.5. The zero-order valence-electron chi connectivity index (χ0n) is 19.6. The van der Waals surface area contributed by atoms with Crippen LogP contribution in [-0.2, 0) is 13.1 Å². The van der Waals surface area contributed by atoms with Crippen LogP contribution in [0.2, 0.25) is 10.0 Å². The lowest BCUT2D eigenvalue weighted by Crippen LogP contribution is -2.29. The highest BCUT2D eigenvalue weighted by Gasteiger charge is 2.33. The van der Waals surface area contributed by atoms with E-state index in [1.807, 2.05) is 38.4 Å². The second kappa shape index (κ2) is 8.83. The van der Waals surface area contributed by atoms with Gasteiger partial charge >= 0.3 is 0 Å². The maximum Gasteiger partial charge on any atom is 0.0810 e. The quantitative estimate of drug-likeness (QED) is 0.637. The van der Waals surface area contributed by atoms with E-state index < -0.39 is 11.2 Å². The fraction of sp³-hybridized carbons (Fsp3) is 0.462. The second-order valence-corrected chi connectivity index (χ2v) is 11.1. The third kappa shape index (κ3) is 4.82. The van der Waals surface area contributed by atoms with Gasteiger partial charge in [-0.3, -0.25) is 9.98 Å². The van der Waals surface area contributed by atoms with Crippen LogP contribution in [-0.4, -0.2) is 60.0 Å². The Labute approximate surface area is 210 Å². The number of anilines is 2. The van der Waals surface area contributed by atoms with E-state index >= 15 is 0 Å². The van der Waals surface area contributed by atoms with E-state index in [1.165, 1.54) is 11.1 Å². The lowest BCUT2D eigenvalue weighted by Gasteiger charge is -2.22. The predicted molar refractivity (Wildman–Crippen MR) is 140 cm³/mol. The third-order valence-corrected chi connectivity index (χ3v) is 7.59. The van der Waals surface area contributed by atoms with Gasteiger partial charge in [-0.1, -0.05) is 23.2 Å². The fourth-order valence-corrected chi connectivity index (χ4v) is 5.61. The van der Waals surface area contributed by atoms with E-state index in [0.717, 1.165) is 71.6 Å². The van der Waals surface area contributed by atoms with Crippen LogP contribution < -0.4 is 9.80 Å². The van der Waals surface area contributed by atoms with E-state index in [0.29, 0.717) is 13.1 Å². The van der Waals surface area contributed by atoms with Crippen LogP contribution in [0.5, 0.6) is 0 Å². The Kier molecular flexibility index (Phi) is 6.13. The summed E-state index contributed by atoms with van der Waals surface area (Å²) in [6.45, 7) is 8.22. The molecule has 0 aromatic heterocycles. The van der Waals surface area contributed by atoms with Gasteiger partial charge in [0.15, 0.2) is 0 Å². The Morgan fingerprint density at radius 2 is 1.15 bits per heavy atom. The molecule has 4 heterocycles. The van der Waals surface area contributed by atoms with Crippen LogP contribution in [0, 0.1) is 0 Å². The molecule has 0 spiro atoms. The van der Waals surface area contributed by atoms with Crippen molar-refractivity contribution in [3.63, 3.8) is 0 Å². The van der Waals surface area contributed by atoms with Crippen molar-refractivity contribution >= 4 is 47.0 Å². The average Bonchev–Trinajstić information content (AvgIpc) is 3.54. The standard InChI is InChI=1S/2C13H15ClN2O/c2*1-13(17)2-3-16(8-13)12-5-10-7-15-6-9(10)4-11(12)14/h2*4-6,17H,2-3,7-8H2,1H3. The summed E-state index contributed by atoms with van der Waals surface area (Å²) in [4.78, 5) is 12.8. The van der Waals surface area contributed by atoms with Crippen LogP contribution in [0.15, 0.2) is 34.3 Å². The fourth-order valence-electron chi connectivity index (χ4n) is 5.03. The molecule has 2 aromatic rings. The lowest BCUT2D eigenvalue weighted by molar-refractivity contribution is 0.0833. The van der Waals surface area contributed by atoms with Crippen LogP contribution in [0.4, 0.5) is 11.4 Å². The van der Waals surface area contributed by atoms with Gasteiger partial charge in [0.1, 0.15) is 0 Å². The van der Waals surface area contributed by atoms with Crippen LogP contribution in [0.1, 0.15) is 48.9 Å². The molecule has 0 bridgehead atoms. The number of nitrogens with zero attached hydrogens (tertiary/aromatic N) is 4. The zero-order valence-corrected chi connectivity index (χ0v) is 21.1. The van der Waals surface area contributed by atoms with Gasteiger partial charge in [0.25, 0.3) is 0 Å². The first-order chi connectivity index (χ1) is 16.1. The summed E-state index contributed by atoms with van der Waals surface area (Å²) in [6.07, 6.45) is 5.31. The van der Waals surface area contributed by atoms with Crippen molar-refractivity contribution < 1.29 is 10.2 Å². The topological polar surface area (TPSA) is 71.7 Å². The minimum Gasteiger partial charge on any atom is -0.388 e. The first-order valence-corrected chi connectivity index (χ1v) is 12.5. The summed E-state index contributed by atoms with van der Waals surface area (Å²) < 4.78 is 0. The molecule has 6 rings (SSSR count). The minimum absolute atomic E-state index is 0.598. The number of aliphatic hydroxyl groups is 2. The van der Waals surface area contributed by atoms with Crippen molar-refractivity contribution in [2.75, 3.05) is 36.0 Å². The Morgan fingerprint density at radius 3 is 1.50 bits per heavy atom. The molecule has 2 fully saturated rings. The number of benzene rings is 2. The van der Waals surface area contributed by atoms with E-state index in [1.54, 1.807) is 0 Å². The molecule has 0 saturated carbocycles. The Bertz CT molecular complexity index is 1080. The molecule has 2 aromatic carbocycles. The summed E-state index contributed by atoms with van der Waals surface area (Å²) in [7, 11) is 0. The highest BCUT2D eigenvalue weighted by Crippen LogP contribution is 2.36. The molecule has 2 unspecified atom stereocenters. The molecule has 0 radical (unpaired) electrons. The van der Waals surface area contributed by atoms with Crippen LogP contribution in [0.25, 0.3) is 0 Å². The van der Waals surface area contributed by atoms with Gasteiger partial charge < -0.3 is 20.0 Å². The number of hydrogen-bond donors (Lipinski definition) is 2. The zero-order chi connectivity index (χ0) is 24.1. The number of β-amino-alcohol motifs (C(OH)–C–C–N with tert-alkyl or cyclic N) is 2. The average molecular weight is 501 g/mol. The number of fused-ring (bicyclic) bond motifs is 2. The van der Waals surface area contributed by atoms with Gasteiger partial charge in [0, 0.05) is 38.6 Å². The first kappa shape index (κ1) is 23.6. The Balaban J connectivity index is 0.000000142. The van der Waals surface area contributed by atoms with Crippen LogP contribution in [0.3, 0.4) is 0 Å². The summed E-state index contributed by atoms with van der Waals surface area (Å²) in [6, 6.07) is 8.14. The number of rotatable bonds is 2. The monoisotopic (exact) mass is 500 g/mol. The smallest absolute Gasteiger partial charge is 0.0810 e. The molecule has 6 nitrogen and oxygen atoms in total. The van der Waals surface area contributed by atoms with Crippen molar-refractivity contribution in [1.82, 2.24) is 0 Å². The minimum atomic E-state index is -0.598. The molecular formula is C26H30Cl2N4O2. The first-order valence-electron chi connectivity index (χ1n) is 11.7. The van der Waals surface area contributed by atoms with E-state index in [9.17, 15) is 10.2 Å². The number of halogens is 2. The molecule has 4 aliphatic rings. The molecule has 180 valence electrons. The van der Waals surface area contributed by atoms with Crippen molar-refractivity contribution in [2.45, 2.75) is 51.0 Å². The molecular weight excluding hydrogens is 471 g/mol. The van der Waals surface area contributed by atoms with Gasteiger partial charge in [0.2, 0.25) is 0 Å². The highest BCUT2D eigenvalue weighted by molar-refractivity contribution is 6.34. The number of hydrogen-bond acceptors (Lipinski definition) is 6. The molecule has 2 N–H and O–H groups in total. The van der Waals surface area contributed by atoms with Crippen molar-refractivity contribution in [3.05, 3.63) is 56.6 Å². The Hall–Kier alpha value is -2.12. The van der Waals surface area contributed by atoms with Crippen molar-refractivity contribution in [3.8, 4) is 0 Å². The molecule has 0 amide bonds. The van der Waals surface area contributed by atoms with E-state index in [4.69, 9.17) is 23.2 Å². The largest absolute Gasteiger partial charge is 0.388 e. The lowest BCUT2D eigenvalue weighted by atomic mass is 10.1. The van der Waals surface area contributed by atoms with Crippen molar-refractivity contribution in [1.29, 1.82) is 0 Å². The van der Waals surface area contributed by atoms with Crippen molar-refractivity contribution in [2.24, 2.45) is 9.98 Å². The summed E-state index contributed by atoms with van der Waals surface area (Å²) >= 11 is 12.6. The van der Waals surface area contributed by atoms with E-state index in [2.05, 4.69) is 31.9 Å². The summed E-state index contributed by atoms with van der Waals surface area (Å²) in [5.74, 6) is 0. The molecule has 0 aliphatic carbocycles. The molecule has 2 atom stereocenters. The molecule has 8 heteroatoms. The summed E-state index contributed by atoms with van der Waals surface area (Å²) in [5.41, 5.74) is 5.52. The van der Waals surface area contributed by atoms with E-state index in [-0.39, 0.29) is 0 Å². The second-order valence-electron chi connectivity index (χ2n) is 10.3.